The fraction of sp³-hybridized carbons (Fsp3) is 0.115. The Morgan fingerprint density at radius 3 is 2.56 bits per heavy atom. The monoisotopic (exact) mass is 493 g/mol. The highest BCUT2D eigenvalue weighted by molar-refractivity contribution is 6.40. The highest BCUT2D eigenvalue weighted by Crippen LogP contribution is 2.43. The summed E-state index contributed by atoms with van der Waals surface area (Å²) in [6.45, 7) is 0. The third-order valence-corrected chi connectivity index (χ3v) is 7.08. The minimum absolute atomic E-state index is 0.203. The number of fused-ring (bicyclic) bond motifs is 1. The van der Waals surface area contributed by atoms with Gasteiger partial charge in [0.1, 0.15) is 16.4 Å². The molecule has 3 aromatic heterocycles. The first-order valence-electron chi connectivity index (χ1n) is 10.5. The molecule has 170 valence electrons. The van der Waals surface area contributed by atoms with Crippen LogP contribution in [0.4, 0.5) is 4.39 Å². The summed E-state index contributed by atoms with van der Waals surface area (Å²) in [6, 6.07) is 13.7. The first kappa shape index (κ1) is 22.3. The van der Waals surface area contributed by atoms with Gasteiger partial charge in [-0.3, -0.25) is 9.78 Å². The van der Waals surface area contributed by atoms with Crippen LogP contribution in [0.3, 0.4) is 0 Å². The van der Waals surface area contributed by atoms with Crippen LogP contribution in [0, 0.1) is 11.7 Å². The molecule has 5 nitrogen and oxygen atoms in total. The van der Waals surface area contributed by atoms with E-state index in [4.69, 9.17) is 28.3 Å². The maximum Gasteiger partial charge on any atom is 0.312 e. The number of alkyl halides is 1. The maximum absolute atomic E-state index is 13.6. The third-order valence-electron chi connectivity index (χ3n) is 5.95. The summed E-state index contributed by atoms with van der Waals surface area (Å²) < 4.78 is 15.3. The number of benzene rings is 1. The van der Waals surface area contributed by atoms with Crippen molar-refractivity contribution in [2.24, 2.45) is 5.92 Å². The number of aliphatic carboxylic acids is 1. The molecule has 34 heavy (non-hydrogen) atoms. The fourth-order valence-electron chi connectivity index (χ4n) is 4.27. The van der Waals surface area contributed by atoms with E-state index in [1.165, 1.54) is 12.1 Å². The van der Waals surface area contributed by atoms with Crippen molar-refractivity contribution in [2.75, 3.05) is 0 Å². The van der Waals surface area contributed by atoms with Gasteiger partial charge in [0.15, 0.2) is 0 Å². The molecule has 1 aliphatic rings. The molecule has 0 amide bonds. The van der Waals surface area contributed by atoms with Crippen LogP contribution in [0.5, 0.6) is 0 Å². The molecule has 5 rings (SSSR count). The highest BCUT2D eigenvalue weighted by Gasteiger charge is 2.44. The van der Waals surface area contributed by atoms with Crippen LogP contribution in [0.1, 0.15) is 5.56 Å². The summed E-state index contributed by atoms with van der Waals surface area (Å²) in [7, 11) is 0. The van der Waals surface area contributed by atoms with Crippen molar-refractivity contribution in [3.05, 3.63) is 102 Å². The second-order valence-corrected chi connectivity index (χ2v) is 9.17. The van der Waals surface area contributed by atoms with Crippen LogP contribution in [0.25, 0.3) is 27.9 Å². The van der Waals surface area contributed by atoms with Gasteiger partial charge in [0.2, 0.25) is 0 Å². The zero-order valence-electron chi connectivity index (χ0n) is 17.7. The van der Waals surface area contributed by atoms with E-state index in [1.54, 1.807) is 53.5 Å². The lowest BCUT2D eigenvalue weighted by Gasteiger charge is -2.33. The molecule has 0 radical (unpaired) electrons. The number of nitrogens with zero attached hydrogens (tertiary/aromatic N) is 3. The number of carboxylic acid groups (broad SMARTS) is 1. The Morgan fingerprint density at radius 2 is 1.85 bits per heavy atom. The molecule has 1 aliphatic carbocycles. The summed E-state index contributed by atoms with van der Waals surface area (Å²) in [5.41, 5.74) is 4.79. The number of carbonyl (C=O) groups is 1. The van der Waals surface area contributed by atoms with Gasteiger partial charge in [-0.25, -0.2) is 8.91 Å². The van der Waals surface area contributed by atoms with E-state index in [-0.39, 0.29) is 17.3 Å². The van der Waals surface area contributed by atoms with Crippen LogP contribution in [-0.4, -0.2) is 30.5 Å². The summed E-state index contributed by atoms with van der Waals surface area (Å²) >= 11 is 13.3. The van der Waals surface area contributed by atoms with Gasteiger partial charge in [0, 0.05) is 34.7 Å². The number of carboxylic acids is 1. The predicted octanol–water partition coefficient (Wildman–Crippen LogP) is 6.12. The van der Waals surface area contributed by atoms with Crippen molar-refractivity contribution in [3.63, 3.8) is 0 Å². The fourth-order valence-corrected chi connectivity index (χ4v) is 4.91. The lowest BCUT2D eigenvalue weighted by Crippen LogP contribution is -2.40. The normalized spacial score (nSPS) is 19.9. The number of aromatic nitrogens is 3. The Hall–Kier alpha value is -3.48. The molecule has 0 bridgehead atoms. The molecule has 3 heterocycles. The SMILES string of the molecule is O=C(O)C1C=CC=C(Cl)C1(Cl)Cc1ccn2nc(-c3ccc(F)cc3)c(-c3ccncc3)c2c1. The highest BCUT2D eigenvalue weighted by atomic mass is 35.5. The molecule has 1 aromatic carbocycles. The lowest BCUT2D eigenvalue weighted by molar-refractivity contribution is -0.140. The van der Waals surface area contributed by atoms with Crippen LogP contribution >= 0.6 is 23.2 Å². The predicted molar refractivity (Wildman–Crippen MR) is 130 cm³/mol. The standard InChI is InChI=1S/C26H18Cl2FN3O2/c27-22-3-1-2-20(25(33)34)26(22,28)15-16-10-13-32-21(14-16)23(17-8-11-30-12-9-17)24(31-32)18-4-6-19(29)7-5-18/h1-14,20H,15H2,(H,33,34). The summed E-state index contributed by atoms with van der Waals surface area (Å²) in [5.74, 6) is -2.34. The molecule has 2 unspecified atom stereocenters. The van der Waals surface area contributed by atoms with Crippen molar-refractivity contribution < 1.29 is 14.3 Å². The van der Waals surface area contributed by atoms with Gasteiger partial charge < -0.3 is 5.11 Å². The van der Waals surface area contributed by atoms with E-state index >= 15 is 0 Å². The molecule has 0 spiro atoms. The van der Waals surface area contributed by atoms with E-state index in [2.05, 4.69) is 4.98 Å². The number of hydrogen-bond donors (Lipinski definition) is 1. The van der Waals surface area contributed by atoms with Gasteiger partial charge in [0.25, 0.3) is 0 Å². The Balaban J connectivity index is 1.66. The smallest absolute Gasteiger partial charge is 0.312 e. The zero-order valence-corrected chi connectivity index (χ0v) is 19.2. The van der Waals surface area contributed by atoms with Crippen LogP contribution < -0.4 is 0 Å². The molecule has 1 N–H and O–H groups in total. The maximum atomic E-state index is 13.6. The topological polar surface area (TPSA) is 67.5 Å². The molecule has 4 aromatic rings. The molecule has 0 aliphatic heterocycles. The largest absolute Gasteiger partial charge is 0.481 e. The molecule has 0 saturated carbocycles. The van der Waals surface area contributed by atoms with Crippen molar-refractivity contribution in [2.45, 2.75) is 11.3 Å². The van der Waals surface area contributed by atoms with E-state index in [0.29, 0.717) is 5.69 Å². The molecule has 0 saturated heterocycles. The molecule has 0 fully saturated rings. The minimum Gasteiger partial charge on any atom is -0.481 e. The van der Waals surface area contributed by atoms with E-state index in [9.17, 15) is 14.3 Å². The van der Waals surface area contributed by atoms with Gasteiger partial charge in [0.05, 0.1) is 11.4 Å². The zero-order chi connectivity index (χ0) is 23.9. The van der Waals surface area contributed by atoms with E-state index < -0.39 is 16.8 Å². The third kappa shape index (κ3) is 3.89. The summed E-state index contributed by atoms with van der Waals surface area (Å²) in [6.07, 6.45) is 10.2. The Kier molecular flexibility index (Phi) is 5.71. The van der Waals surface area contributed by atoms with E-state index in [1.807, 2.05) is 24.3 Å². The van der Waals surface area contributed by atoms with Gasteiger partial charge >= 0.3 is 5.97 Å². The average Bonchev–Trinajstić information content (AvgIpc) is 3.20. The molecule has 8 heteroatoms. The van der Waals surface area contributed by atoms with E-state index in [0.717, 1.165) is 27.8 Å². The van der Waals surface area contributed by atoms with Crippen molar-refractivity contribution in [3.8, 4) is 22.4 Å². The Labute approximate surface area is 204 Å². The number of pyridine rings is 2. The molecule has 2 atom stereocenters. The lowest BCUT2D eigenvalue weighted by atomic mass is 9.82. The number of hydrogen-bond acceptors (Lipinski definition) is 3. The van der Waals surface area contributed by atoms with Crippen molar-refractivity contribution in [1.82, 2.24) is 14.6 Å². The number of rotatable bonds is 5. The van der Waals surface area contributed by atoms with Crippen LogP contribution in [-0.2, 0) is 11.2 Å². The number of allylic oxidation sites excluding steroid dienone is 3. The molecular formula is C26H18Cl2FN3O2. The average molecular weight is 494 g/mol. The molecular weight excluding hydrogens is 476 g/mol. The van der Waals surface area contributed by atoms with Crippen molar-refractivity contribution in [1.29, 1.82) is 0 Å². The quantitative estimate of drug-likeness (QED) is 0.340. The van der Waals surface area contributed by atoms with Gasteiger partial charge in [-0.2, -0.15) is 5.10 Å². The Bertz CT molecular complexity index is 1450. The minimum atomic E-state index is -1.31. The Morgan fingerprint density at radius 1 is 1.12 bits per heavy atom. The van der Waals surface area contributed by atoms with Gasteiger partial charge in [-0.1, -0.05) is 23.8 Å². The second kappa shape index (κ2) is 8.70. The van der Waals surface area contributed by atoms with Gasteiger partial charge in [-0.05, 0) is 72.2 Å². The van der Waals surface area contributed by atoms with Crippen molar-refractivity contribution >= 4 is 34.7 Å². The summed E-state index contributed by atoms with van der Waals surface area (Å²) in [5, 5.41) is 14.7. The van der Waals surface area contributed by atoms with Crippen LogP contribution in [0.2, 0.25) is 0 Å². The first-order chi connectivity index (χ1) is 16.4. The van der Waals surface area contributed by atoms with Gasteiger partial charge in [-0.15, -0.1) is 11.6 Å². The second-order valence-electron chi connectivity index (χ2n) is 8.09. The summed E-state index contributed by atoms with van der Waals surface area (Å²) in [4.78, 5) is 14.7. The number of halogens is 3. The van der Waals surface area contributed by atoms with Crippen LogP contribution in [0.15, 0.2) is 90.4 Å². The first-order valence-corrected chi connectivity index (χ1v) is 11.3.